The van der Waals surface area contributed by atoms with Crippen LogP contribution in [0.15, 0.2) is 78.9 Å². The molecule has 0 aliphatic carbocycles. The van der Waals surface area contributed by atoms with Crippen LogP contribution < -0.4 is 9.64 Å². The number of benzene rings is 3. The van der Waals surface area contributed by atoms with Crippen molar-refractivity contribution in [2.24, 2.45) is 0 Å². The summed E-state index contributed by atoms with van der Waals surface area (Å²) >= 11 is 0. The molecule has 1 heterocycles. The molecule has 1 aliphatic rings. The normalized spacial score (nSPS) is 17.5. The molecular formula is C26H25NO4. The van der Waals surface area contributed by atoms with E-state index in [0.717, 1.165) is 12.8 Å². The van der Waals surface area contributed by atoms with E-state index in [9.17, 15) is 14.7 Å². The van der Waals surface area contributed by atoms with Gasteiger partial charge in [0.2, 0.25) is 0 Å². The smallest absolute Gasteiger partial charge is 0.264 e. The molecule has 0 saturated heterocycles. The van der Waals surface area contributed by atoms with Crippen LogP contribution in [0, 0.1) is 0 Å². The summed E-state index contributed by atoms with van der Waals surface area (Å²) in [6.07, 6.45) is 1.27. The molecule has 31 heavy (non-hydrogen) atoms. The zero-order chi connectivity index (χ0) is 21.8. The predicted molar refractivity (Wildman–Crippen MR) is 119 cm³/mol. The van der Waals surface area contributed by atoms with E-state index in [1.165, 1.54) is 12.7 Å². The molecule has 0 spiro atoms. The third kappa shape index (κ3) is 4.09. The second-order valence-electron chi connectivity index (χ2n) is 7.76. The number of ketones is 1. The van der Waals surface area contributed by atoms with Crippen LogP contribution in [-0.2, 0) is 16.8 Å². The van der Waals surface area contributed by atoms with Crippen molar-refractivity contribution >= 4 is 17.4 Å². The van der Waals surface area contributed by atoms with Gasteiger partial charge in [-0.05, 0) is 36.6 Å². The SMILES string of the molecule is COc1cccc(C(=O)CC2(O)C(=O)N(CCCc3ccccc3)c3ccccc32)c1. The number of anilines is 1. The Hall–Kier alpha value is -3.44. The summed E-state index contributed by atoms with van der Waals surface area (Å²) in [5.74, 6) is -0.202. The molecule has 0 radical (unpaired) electrons. The third-order valence-electron chi connectivity index (χ3n) is 5.74. The lowest BCUT2D eigenvalue weighted by Gasteiger charge is -2.23. The highest BCUT2D eigenvalue weighted by Gasteiger charge is 2.50. The van der Waals surface area contributed by atoms with Crippen molar-refractivity contribution in [2.45, 2.75) is 24.9 Å². The van der Waals surface area contributed by atoms with Gasteiger partial charge in [-0.25, -0.2) is 0 Å². The summed E-state index contributed by atoms with van der Waals surface area (Å²) in [5.41, 5.74) is 0.882. The van der Waals surface area contributed by atoms with Gasteiger partial charge >= 0.3 is 0 Å². The quantitative estimate of drug-likeness (QED) is 0.562. The fourth-order valence-corrected chi connectivity index (χ4v) is 4.12. The van der Waals surface area contributed by atoms with E-state index in [4.69, 9.17) is 4.74 Å². The topological polar surface area (TPSA) is 66.8 Å². The van der Waals surface area contributed by atoms with Gasteiger partial charge in [-0.2, -0.15) is 0 Å². The Morgan fingerprint density at radius 1 is 1.00 bits per heavy atom. The van der Waals surface area contributed by atoms with Crippen molar-refractivity contribution in [3.63, 3.8) is 0 Å². The highest BCUT2D eigenvalue weighted by Crippen LogP contribution is 2.43. The monoisotopic (exact) mass is 415 g/mol. The van der Waals surface area contributed by atoms with Crippen molar-refractivity contribution in [2.75, 3.05) is 18.6 Å². The van der Waals surface area contributed by atoms with E-state index in [-0.39, 0.29) is 12.2 Å². The van der Waals surface area contributed by atoms with E-state index < -0.39 is 11.5 Å². The number of carbonyl (C=O) groups is 2. The molecule has 5 nitrogen and oxygen atoms in total. The van der Waals surface area contributed by atoms with Gasteiger partial charge in [0, 0.05) is 17.7 Å². The molecule has 158 valence electrons. The van der Waals surface area contributed by atoms with Crippen LogP contribution in [0.3, 0.4) is 0 Å². The Kier molecular flexibility index (Phi) is 5.87. The first-order chi connectivity index (χ1) is 15.0. The van der Waals surface area contributed by atoms with Gasteiger partial charge in [-0.15, -0.1) is 0 Å². The van der Waals surface area contributed by atoms with Crippen LogP contribution in [0.5, 0.6) is 5.75 Å². The largest absolute Gasteiger partial charge is 0.497 e. The summed E-state index contributed by atoms with van der Waals surface area (Å²) in [7, 11) is 1.53. The summed E-state index contributed by atoms with van der Waals surface area (Å²) in [6, 6.07) is 24.0. The second kappa shape index (κ2) is 8.74. The average Bonchev–Trinajstić information content (AvgIpc) is 3.01. The Bertz CT molecular complexity index is 1100. The first-order valence-electron chi connectivity index (χ1n) is 10.4. The number of amides is 1. The zero-order valence-corrected chi connectivity index (χ0v) is 17.5. The number of aryl methyl sites for hydroxylation is 1. The standard InChI is InChI=1S/C26H25NO4/c1-31-21-13-7-12-20(17-21)24(28)18-26(30)22-14-5-6-15-23(22)27(25(26)29)16-8-11-19-9-3-2-4-10-19/h2-7,9-10,12-15,17,30H,8,11,16,18H2,1H3. The minimum atomic E-state index is -1.87. The van der Waals surface area contributed by atoms with Crippen molar-refractivity contribution in [3.05, 3.63) is 95.6 Å². The fourth-order valence-electron chi connectivity index (χ4n) is 4.12. The fraction of sp³-hybridized carbons (Fsp3) is 0.231. The summed E-state index contributed by atoms with van der Waals surface area (Å²) < 4.78 is 5.19. The number of ether oxygens (including phenoxy) is 1. The van der Waals surface area contributed by atoms with Crippen LogP contribution in [0.25, 0.3) is 0 Å². The number of hydrogen-bond acceptors (Lipinski definition) is 4. The van der Waals surface area contributed by atoms with Crippen LogP contribution in [-0.4, -0.2) is 30.5 Å². The molecule has 0 fully saturated rings. The lowest BCUT2D eigenvalue weighted by atomic mass is 9.88. The molecule has 3 aromatic carbocycles. The Balaban J connectivity index is 1.55. The van der Waals surface area contributed by atoms with Crippen LogP contribution in [0.2, 0.25) is 0 Å². The number of Topliss-reactive ketones (excluding diaryl/α,β-unsaturated/α-hetero) is 1. The van der Waals surface area contributed by atoms with E-state index in [0.29, 0.717) is 29.1 Å². The first-order valence-corrected chi connectivity index (χ1v) is 10.4. The van der Waals surface area contributed by atoms with Gasteiger partial charge in [-0.1, -0.05) is 60.7 Å². The van der Waals surface area contributed by atoms with E-state index >= 15 is 0 Å². The van der Waals surface area contributed by atoms with Gasteiger partial charge in [0.15, 0.2) is 11.4 Å². The molecule has 1 amide bonds. The van der Waals surface area contributed by atoms with Crippen LogP contribution in [0.1, 0.15) is 34.3 Å². The van der Waals surface area contributed by atoms with Crippen LogP contribution >= 0.6 is 0 Å². The molecule has 0 bridgehead atoms. The number of hydrogen-bond donors (Lipinski definition) is 1. The average molecular weight is 415 g/mol. The van der Waals surface area contributed by atoms with Crippen molar-refractivity contribution in [1.82, 2.24) is 0 Å². The van der Waals surface area contributed by atoms with E-state index in [2.05, 4.69) is 12.1 Å². The van der Waals surface area contributed by atoms with Gasteiger partial charge in [-0.3, -0.25) is 9.59 Å². The maximum absolute atomic E-state index is 13.3. The highest BCUT2D eigenvalue weighted by atomic mass is 16.5. The predicted octanol–water partition coefficient (Wildman–Crippen LogP) is 4.14. The first kappa shape index (κ1) is 20.8. The Labute approximate surface area is 181 Å². The summed E-state index contributed by atoms with van der Waals surface area (Å²) in [5, 5.41) is 11.4. The molecular weight excluding hydrogens is 390 g/mol. The molecule has 3 aromatic rings. The third-order valence-corrected chi connectivity index (χ3v) is 5.74. The maximum atomic E-state index is 13.3. The molecule has 4 rings (SSSR count). The molecule has 0 aromatic heterocycles. The molecule has 0 saturated carbocycles. The number of fused-ring (bicyclic) bond motifs is 1. The Morgan fingerprint density at radius 2 is 1.74 bits per heavy atom. The number of nitrogens with zero attached hydrogens (tertiary/aromatic N) is 1. The summed E-state index contributed by atoms with van der Waals surface area (Å²) in [4.78, 5) is 27.9. The van der Waals surface area contributed by atoms with Crippen molar-refractivity contribution < 1.29 is 19.4 Å². The van der Waals surface area contributed by atoms with Crippen molar-refractivity contribution in [3.8, 4) is 5.75 Å². The molecule has 1 aliphatic heterocycles. The maximum Gasteiger partial charge on any atom is 0.264 e. The Morgan fingerprint density at radius 3 is 2.52 bits per heavy atom. The number of carbonyl (C=O) groups excluding carboxylic acids is 2. The van der Waals surface area contributed by atoms with E-state index in [1.54, 1.807) is 41.3 Å². The number of para-hydroxylation sites is 1. The molecule has 1 N–H and O–H groups in total. The minimum absolute atomic E-state index is 0.310. The zero-order valence-electron chi connectivity index (χ0n) is 17.5. The number of aliphatic hydroxyl groups is 1. The lowest BCUT2D eigenvalue weighted by Crippen LogP contribution is -2.42. The minimum Gasteiger partial charge on any atom is -0.497 e. The molecule has 1 unspecified atom stereocenters. The van der Waals surface area contributed by atoms with Gasteiger partial charge in [0.25, 0.3) is 5.91 Å². The van der Waals surface area contributed by atoms with E-state index in [1.807, 2.05) is 30.3 Å². The second-order valence-corrected chi connectivity index (χ2v) is 7.76. The van der Waals surface area contributed by atoms with Gasteiger partial charge < -0.3 is 14.7 Å². The van der Waals surface area contributed by atoms with Crippen molar-refractivity contribution in [1.29, 1.82) is 0 Å². The number of methoxy groups -OCH3 is 1. The number of rotatable bonds is 8. The summed E-state index contributed by atoms with van der Waals surface area (Å²) in [6.45, 7) is 0.473. The molecule has 1 atom stereocenters. The van der Waals surface area contributed by atoms with Gasteiger partial charge in [0.1, 0.15) is 5.75 Å². The van der Waals surface area contributed by atoms with Gasteiger partial charge in [0.05, 0.1) is 19.2 Å². The van der Waals surface area contributed by atoms with Crippen LogP contribution in [0.4, 0.5) is 5.69 Å². The highest BCUT2D eigenvalue weighted by molar-refractivity contribution is 6.10. The molecule has 5 heteroatoms. The lowest BCUT2D eigenvalue weighted by molar-refractivity contribution is -0.135.